The number of nitrogens with one attached hydrogen (secondary N) is 1. The molecular weight excluding hydrogens is 330 g/mol. The van der Waals surface area contributed by atoms with Crippen LogP contribution in [-0.2, 0) is 13.7 Å². The molecule has 0 atom stereocenters. The summed E-state index contributed by atoms with van der Waals surface area (Å²) < 4.78 is 3.84. The summed E-state index contributed by atoms with van der Waals surface area (Å²) in [5, 5.41) is 20.4. The van der Waals surface area contributed by atoms with E-state index in [2.05, 4.69) is 15.5 Å². The van der Waals surface area contributed by atoms with Crippen molar-refractivity contribution in [2.24, 2.45) is 7.05 Å². The maximum absolute atomic E-state index is 12.4. The molecule has 1 amide bonds. The number of carbonyl (C=O) groups is 1. The Morgan fingerprint density at radius 3 is 2.50 bits per heavy atom. The highest BCUT2D eigenvalue weighted by molar-refractivity contribution is 5.94. The van der Waals surface area contributed by atoms with Crippen LogP contribution in [0.4, 0.5) is 0 Å². The quantitative estimate of drug-likeness (QED) is 0.734. The van der Waals surface area contributed by atoms with Crippen molar-refractivity contribution >= 4 is 5.91 Å². The number of aromatic nitrogens is 4. The van der Waals surface area contributed by atoms with Crippen LogP contribution in [0.5, 0.6) is 0 Å². The number of nitrogens with zero attached hydrogens (tertiary/aromatic N) is 4. The SMILES string of the molecule is Cn1c(CO)nnc1C1CC(NC(=O)c2ccc(-n3cccc3)cc2)C1. The van der Waals surface area contributed by atoms with Gasteiger partial charge in [0.2, 0.25) is 0 Å². The van der Waals surface area contributed by atoms with Crippen molar-refractivity contribution in [1.82, 2.24) is 24.6 Å². The number of aliphatic hydroxyl groups is 1. The fraction of sp³-hybridized carbons (Fsp3) is 0.316. The van der Waals surface area contributed by atoms with E-state index in [0.717, 1.165) is 24.4 Å². The minimum Gasteiger partial charge on any atom is -0.388 e. The average Bonchev–Trinajstić information content (AvgIpc) is 3.28. The van der Waals surface area contributed by atoms with Gasteiger partial charge in [0.05, 0.1) is 0 Å². The Bertz CT molecular complexity index is 893. The molecule has 1 aliphatic rings. The lowest BCUT2D eigenvalue weighted by Crippen LogP contribution is -2.44. The summed E-state index contributed by atoms with van der Waals surface area (Å²) in [5.41, 5.74) is 1.68. The molecule has 1 fully saturated rings. The molecule has 0 bridgehead atoms. The first-order chi connectivity index (χ1) is 12.7. The summed E-state index contributed by atoms with van der Waals surface area (Å²) in [7, 11) is 1.86. The van der Waals surface area contributed by atoms with E-state index in [1.807, 2.05) is 65.0 Å². The van der Waals surface area contributed by atoms with Crippen molar-refractivity contribution in [3.8, 4) is 5.69 Å². The van der Waals surface area contributed by atoms with E-state index in [-0.39, 0.29) is 24.5 Å². The van der Waals surface area contributed by atoms with Gasteiger partial charge < -0.3 is 19.6 Å². The minimum atomic E-state index is -0.116. The number of benzene rings is 1. The van der Waals surface area contributed by atoms with Gasteiger partial charge in [0, 0.05) is 42.7 Å². The molecule has 3 aromatic rings. The van der Waals surface area contributed by atoms with Gasteiger partial charge >= 0.3 is 0 Å². The van der Waals surface area contributed by atoms with Gasteiger partial charge in [-0.05, 0) is 49.2 Å². The van der Waals surface area contributed by atoms with E-state index in [1.54, 1.807) is 0 Å². The molecule has 1 saturated carbocycles. The van der Waals surface area contributed by atoms with E-state index in [0.29, 0.717) is 11.4 Å². The number of hydrogen-bond acceptors (Lipinski definition) is 4. The first kappa shape index (κ1) is 16.5. The fourth-order valence-electron chi connectivity index (χ4n) is 3.38. The van der Waals surface area contributed by atoms with Crippen molar-refractivity contribution in [1.29, 1.82) is 0 Å². The van der Waals surface area contributed by atoms with E-state index in [9.17, 15) is 9.90 Å². The summed E-state index contributed by atoms with van der Waals surface area (Å²) in [6.07, 6.45) is 5.62. The summed E-state index contributed by atoms with van der Waals surface area (Å²) >= 11 is 0. The van der Waals surface area contributed by atoms with Crippen LogP contribution in [0, 0.1) is 0 Å². The van der Waals surface area contributed by atoms with Gasteiger partial charge in [-0.2, -0.15) is 0 Å². The van der Waals surface area contributed by atoms with Crippen molar-refractivity contribution < 1.29 is 9.90 Å². The molecule has 0 aliphatic heterocycles. The molecule has 1 aliphatic carbocycles. The smallest absolute Gasteiger partial charge is 0.251 e. The molecule has 1 aromatic carbocycles. The molecule has 2 N–H and O–H groups in total. The molecular formula is C19H21N5O2. The Balaban J connectivity index is 1.34. The zero-order valence-corrected chi connectivity index (χ0v) is 14.5. The second kappa shape index (κ2) is 6.76. The predicted molar refractivity (Wildman–Crippen MR) is 95.9 cm³/mol. The lowest BCUT2D eigenvalue weighted by Gasteiger charge is -2.35. The van der Waals surface area contributed by atoms with Crippen molar-refractivity contribution in [3.05, 3.63) is 66.0 Å². The van der Waals surface area contributed by atoms with E-state index in [1.165, 1.54) is 0 Å². The van der Waals surface area contributed by atoms with Gasteiger partial charge in [-0.15, -0.1) is 10.2 Å². The Morgan fingerprint density at radius 1 is 1.19 bits per heavy atom. The van der Waals surface area contributed by atoms with Crippen LogP contribution in [0.2, 0.25) is 0 Å². The van der Waals surface area contributed by atoms with Gasteiger partial charge in [-0.25, -0.2) is 0 Å². The van der Waals surface area contributed by atoms with Gasteiger partial charge in [-0.1, -0.05) is 0 Å². The van der Waals surface area contributed by atoms with E-state index < -0.39 is 0 Å². The van der Waals surface area contributed by atoms with Crippen LogP contribution >= 0.6 is 0 Å². The summed E-state index contributed by atoms with van der Waals surface area (Å²) in [4.78, 5) is 12.4. The third kappa shape index (κ3) is 3.01. The van der Waals surface area contributed by atoms with Crippen molar-refractivity contribution in [2.75, 3.05) is 0 Å². The van der Waals surface area contributed by atoms with Crippen LogP contribution in [0.3, 0.4) is 0 Å². The molecule has 2 aromatic heterocycles. The molecule has 0 unspecified atom stereocenters. The maximum Gasteiger partial charge on any atom is 0.251 e. The second-order valence-electron chi connectivity index (χ2n) is 6.67. The molecule has 2 heterocycles. The van der Waals surface area contributed by atoms with Gasteiger partial charge in [0.15, 0.2) is 5.82 Å². The van der Waals surface area contributed by atoms with Crippen molar-refractivity contribution in [2.45, 2.75) is 31.4 Å². The standard InChI is InChI=1S/C19H21N5O2/c1-23-17(12-25)21-22-18(23)14-10-15(11-14)20-19(26)13-4-6-16(7-5-13)24-8-2-3-9-24/h2-9,14-15,25H,10-12H2,1H3,(H,20,26). The number of aliphatic hydroxyl groups excluding tert-OH is 1. The molecule has 7 nitrogen and oxygen atoms in total. The van der Waals surface area contributed by atoms with Crippen LogP contribution in [-0.4, -0.2) is 36.4 Å². The third-order valence-corrected chi connectivity index (χ3v) is 5.01. The molecule has 0 radical (unpaired) electrons. The normalized spacial score (nSPS) is 19.2. The number of carbonyl (C=O) groups excluding carboxylic acids is 1. The lowest BCUT2D eigenvalue weighted by atomic mass is 9.79. The van der Waals surface area contributed by atoms with Crippen LogP contribution < -0.4 is 5.32 Å². The number of amides is 1. The third-order valence-electron chi connectivity index (χ3n) is 5.01. The molecule has 7 heteroatoms. The van der Waals surface area contributed by atoms with Crippen LogP contribution in [0.15, 0.2) is 48.8 Å². The first-order valence-electron chi connectivity index (χ1n) is 8.69. The van der Waals surface area contributed by atoms with Crippen molar-refractivity contribution in [3.63, 3.8) is 0 Å². The number of hydrogen-bond donors (Lipinski definition) is 2. The number of rotatable bonds is 5. The molecule has 0 saturated heterocycles. The van der Waals surface area contributed by atoms with Gasteiger partial charge in [-0.3, -0.25) is 4.79 Å². The molecule has 26 heavy (non-hydrogen) atoms. The maximum atomic E-state index is 12.4. The van der Waals surface area contributed by atoms with Crippen LogP contribution in [0.1, 0.15) is 40.8 Å². The summed E-state index contributed by atoms with van der Waals surface area (Å²) in [6.45, 7) is -0.116. The summed E-state index contributed by atoms with van der Waals surface area (Å²) in [6, 6.07) is 11.6. The minimum absolute atomic E-state index is 0.0541. The van der Waals surface area contributed by atoms with E-state index >= 15 is 0 Å². The lowest BCUT2D eigenvalue weighted by molar-refractivity contribution is 0.0907. The largest absolute Gasteiger partial charge is 0.388 e. The Labute approximate surface area is 151 Å². The van der Waals surface area contributed by atoms with E-state index in [4.69, 9.17) is 0 Å². The topological polar surface area (TPSA) is 85.0 Å². The highest BCUT2D eigenvalue weighted by atomic mass is 16.3. The Kier molecular flexibility index (Phi) is 4.30. The zero-order valence-electron chi connectivity index (χ0n) is 14.5. The Hall–Kier alpha value is -2.93. The highest BCUT2D eigenvalue weighted by Gasteiger charge is 2.34. The molecule has 0 spiro atoms. The predicted octanol–water partition coefficient (Wildman–Crippen LogP) is 1.77. The monoisotopic (exact) mass is 351 g/mol. The fourth-order valence-corrected chi connectivity index (χ4v) is 3.38. The zero-order chi connectivity index (χ0) is 18.1. The highest BCUT2D eigenvalue weighted by Crippen LogP contribution is 2.36. The summed E-state index contributed by atoms with van der Waals surface area (Å²) in [5.74, 6) is 1.65. The second-order valence-corrected chi connectivity index (χ2v) is 6.67. The first-order valence-corrected chi connectivity index (χ1v) is 8.69. The molecule has 4 rings (SSSR count). The Morgan fingerprint density at radius 2 is 1.88 bits per heavy atom. The molecule has 134 valence electrons. The van der Waals surface area contributed by atoms with Crippen LogP contribution in [0.25, 0.3) is 5.69 Å². The average molecular weight is 351 g/mol. The van der Waals surface area contributed by atoms with Gasteiger partial charge in [0.25, 0.3) is 5.91 Å². The van der Waals surface area contributed by atoms with Gasteiger partial charge in [0.1, 0.15) is 12.4 Å².